The molecule has 1 aliphatic carbocycles. The van der Waals surface area contributed by atoms with Crippen molar-refractivity contribution in [1.29, 1.82) is 0 Å². The molecule has 21 heavy (non-hydrogen) atoms. The Morgan fingerprint density at radius 3 is 1.90 bits per heavy atom. The molecule has 0 aromatic rings. The van der Waals surface area contributed by atoms with E-state index in [0.29, 0.717) is 6.42 Å². The zero-order chi connectivity index (χ0) is 15.3. The lowest BCUT2D eigenvalue weighted by atomic mass is 9.95. The lowest BCUT2D eigenvalue weighted by molar-refractivity contribution is -0.137. The first kappa shape index (κ1) is 18.5. The SMILES string of the molecule is CCCCCCCC1CCC(CCCCCCC(=O)O)C1. The molecule has 2 nitrogen and oxygen atoms in total. The standard InChI is InChI=1S/C19H36O2/c1-2-3-4-5-8-11-17-14-15-18(16-17)12-9-6-7-10-13-19(20)21/h17-18H,2-16H2,1H3,(H,20,21). The second-order valence-electron chi connectivity index (χ2n) is 7.09. The molecule has 2 heteroatoms. The predicted molar refractivity (Wildman–Crippen MR) is 89.5 cm³/mol. The summed E-state index contributed by atoms with van der Waals surface area (Å²) in [6, 6.07) is 0. The van der Waals surface area contributed by atoms with E-state index in [2.05, 4.69) is 6.92 Å². The maximum Gasteiger partial charge on any atom is 0.303 e. The van der Waals surface area contributed by atoms with Crippen LogP contribution >= 0.6 is 0 Å². The highest BCUT2D eigenvalue weighted by molar-refractivity contribution is 5.66. The van der Waals surface area contributed by atoms with Crippen molar-refractivity contribution in [1.82, 2.24) is 0 Å². The van der Waals surface area contributed by atoms with E-state index in [1.807, 2.05) is 0 Å². The van der Waals surface area contributed by atoms with Crippen LogP contribution < -0.4 is 0 Å². The van der Waals surface area contributed by atoms with Gasteiger partial charge < -0.3 is 5.11 Å². The Morgan fingerprint density at radius 1 is 0.857 bits per heavy atom. The van der Waals surface area contributed by atoms with E-state index in [-0.39, 0.29) is 0 Å². The minimum Gasteiger partial charge on any atom is -0.481 e. The van der Waals surface area contributed by atoms with Gasteiger partial charge in [0.25, 0.3) is 0 Å². The van der Waals surface area contributed by atoms with Gasteiger partial charge in [0.1, 0.15) is 0 Å². The van der Waals surface area contributed by atoms with Gasteiger partial charge in [-0.05, 0) is 24.7 Å². The Hall–Kier alpha value is -0.530. The summed E-state index contributed by atoms with van der Waals surface area (Å²) in [6.07, 6.45) is 19.2. The van der Waals surface area contributed by atoms with Crippen molar-refractivity contribution in [3.05, 3.63) is 0 Å². The molecule has 0 amide bonds. The maximum atomic E-state index is 10.4. The fraction of sp³-hybridized carbons (Fsp3) is 0.947. The van der Waals surface area contributed by atoms with Gasteiger partial charge in [-0.1, -0.05) is 84.0 Å². The molecule has 1 saturated carbocycles. The van der Waals surface area contributed by atoms with Crippen LogP contribution in [0, 0.1) is 11.8 Å². The van der Waals surface area contributed by atoms with Crippen molar-refractivity contribution in [3.8, 4) is 0 Å². The quantitative estimate of drug-likeness (QED) is 0.411. The summed E-state index contributed by atoms with van der Waals surface area (Å²) in [7, 11) is 0. The van der Waals surface area contributed by atoms with E-state index in [1.165, 1.54) is 77.0 Å². The molecule has 2 unspecified atom stereocenters. The van der Waals surface area contributed by atoms with Gasteiger partial charge in [0.05, 0.1) is 0 Å². The third-order valence-corrected chi connectivity index (χ3v) is 5.12. The monoisotopic (exact) mass is 296 g/mol. The van der Waals surface area contributed by atoms with E-state index in [1.54, 1.807) is 0 Å². The van der Waals surface area contributed by atoms with Gasteiger partial charge in [0, 0.05) is 6.42 Å². The Kier molecular flexibility index (Phi) is 10.6. The molecule has 0 heterocycles. The molecule has 0 aliphatic heterocycles. The topological polar surface area (TPSA) is 37.3 Å². The summed E-state index contributed by atoms with van der Waals surface area (Å²) in [5, 5.41) is 8.59. The fourth-order valence-electron chi connectivity index (χ4n) is 3.80. The van der Waals surface area contributed by atoms with Crippen LogP contribution in [0.4, 0.5) is 0 Å². The second kappa shape index (κ2) is 12.1. The summed E-state index contributed by atoms with van der Waals surface area (Å²) in [5.41, 5.74) is 0. The smallest absolute Gasteiger partial charge is 0.303 e. The Labute approximate surface area is 131 Å². The van der Waals surface area contributed by atoms with Crippen LogP contribution in [0.25, 0.3) is 0 Å². The molecule has 0 bridgehead atoms. The number of carboxylic acid groups (broad SMARTS) is 1. The molecule has 2 atom stereocenters. The largest absolute Gasteiger partial charge is 0.481 e. The molecule has 1 aliphatic rings. The fourth-order valence-corrected chi connectivity index (χ4v) is 3.80. The minimum atomic E-state index is -0.646. The molecule has 0 spiro atoms. The van der Waals surface area contributed by atoms with Crippen molar-refractivity contribution in [2.24, 2.45) is 11.8 Å². The molecule has 0 aromatic heterocycles. The summed E-state index contributed by atoms with van der Waals surface area (Å²) in [5.74, 6) is 1.35. The van der Waals surface area contributed by atoms with Crippen LogP contribution in [-0.2, 0) is 4.79 Å². The van der Waals surface area contributed by atoms with Crippen molar-refractivity contribution in [2.45, 2.75) is 103 Å². The van der Waals surface area contributed by atoms with Crippen LogP contribution in [-0.4, -0.2) is 11.1 Å². The average molecular weight is 296 g/mol. The Balaban J connectivity index is 1.90. The molecule has 1 rings (SSSR count). The Bertz CT molecular complexity index is 262. The van der Waals surface area contributed by atoms with Crippen molar-refractivity contribution in [3.63, 3.8) is 0 Å². The lowest BCUT2D eigenvalue weighted by Gasteiger charge is -2.11. The number of carbonyl (C=O) groups is 1. The summed E-state index contributed by atoms with van der Waals surface area (Å²) < 4.78 is 0. The van der Waals surface area contributed by atoms with Gasteiger partial charge >= 0.3 is 5.97 Å². The number of carboxylic acids is 1. The first-order chi connectivity index (χ1) is 10.2. The van der Waals surface area contributed by atoms with E-state index in [0.717, 1.165) is 24.7 Å². The minimum absolute atomic E-state index is 0.351. The number of aliphatic carboxylic acids is 1. The Morgan fingerprint density at radius 2 is 1.38 bits per heavy atom. The van der Waals surface area contributed by atoms with Crippen LogP contribution in [0.15, 0.2) is 0 Å². The highest BCUT2D eigenvalue weighted by Crippen LogP contribution is 2.37. The van der Waals surface area contributed by atoms with Gasteiger partial charge in [-0.15, -0.1) is 0 Å². The van der Waals surface area contributed by atoms with Crippen LogP contribution in [0.1, 0.15) is 103 Å². The highest BCUT2D eigenvalue weighted by atomic mass is 16.4. The molecule has 124 valence electrons. The van der Waals surface area contributed by atoms with E-state index >= 15 is 0 Å². The van der Waals surface area contributed by atoms with E-state index in [4.69, 9.17) is 5.11 Å². The van der Waals surface area contributed by atoms with Gasteiger partial charge in [-0.25, -0.2) is 0 Å². The van der Waals surface area contributed by atoms with Crippen LogP contribution in [0.3, 0.4) is 0 Å². The molecular weight excluding hydrogens is 260 g/mol. The molecule has 0 radical (unpaired) electrons. The number of hydrogen-bond acceptors (Lipinski definition) is 1. The molecule has 1 N–H and O–H groups in total. The number of rotatable bonds is 13. The zero-order valence-electron chi connectivity index (χ0n) is 14.1. The van der Waals surface area contributed by atoms with E-state index < -0.39 is 5.97 Å². The molecule has 1 fully saturated rings. The van der Waals surface area contributed by atoms with Crippen LogP contribution in [0.5, 0.6) is 0 Å². The van der Waals surface area contributed by atoms with E-state index in [9.17, 15) is 4.79 Å². The maximum absolute atomic E-state index is 10.4. The summed E-state index contributed by atoms with van der Waals surface area (Å²) in [4.78, 5) is 10.4. The van der Waals surface area contributed by atoms with Crippen molar-refractivity contribution >= 4 is 5.97 Å². The molecular formula is C19H36O2. The number of hydrogen-bond donors (Lipinski definition) is 1. The number of unbranched alkanes of at least 4 members (excludes halogenated alkanes) is 7. The third kappa shape index (κ3) is 9.92. The normalized spacial score (nSPS) is 21.8. The van der Waals surface area contributed by atoms with Crippen molar-refractivity contribution < 1.29 is 9.90 Å². The van der Waals surface area contributed by atoms with Gasteiger partial charge in [-0.2, -0.15) is 0 Å². The zero-order valence-corrected chi connectivity index (χ0v) is 14.1. The van der Waals surface area contributed by atoms with Gasteiger partial charge in [-0.3, -0.25) is 4.79 Å². The first-order valence-corrected chi connectivity index (χ1v) is 9.44. The molecule has 0 aromatic carbocycles. The third-order valence-electron chi connectivity index (χ3n) is 5.12. The lowest BCUT2D eigenvalue weighted by Crippen LogP contribution is -1.98. The predicted octanol–water partition coefficient (Wildman–Crippen LogP) is 6.19. The van der Waals surface area contributed by atoms with Crippen molar-refractivity contribution in [2.75, 3.05) is 0 Å². The van der Waals surface area contributed by atoms with Gasteiger partial charge in [0.15, 0.2) is 0 Å². The summed E-state index contributed by atoms with van der Waals surface area (Å²) in [6.45, 7) is 2.28. The second-order valence-corrected chi connectivity index (χ2v) is 7.09. The van der Waals surface area contributed by atoms with Crippen LogP contribution in [0.2, 0.25) is 0 Å². The summed E-state index contributed by atoms with van der Waals surface area (Å²) >= 11 is 0. The highest BCUT2D eigenvalue weighted by Gasteiger charge is 2.23. The van der Waals surface area contributed by atoms with Gasteiger partial charge in [0.2, 0.25) is 0 Å². The average Bonchev–Trinajstić information content (AvgIpc) is 2.90. The first-order valence-electron chi connectivity index (χ1n) is 9.44. The molecule has 0 saturated heterocycles.